The van der Waals surface area contributed by atoms with Gasteiger partial charge in [-0.3, -0.25) is 9.78 Å². The summed E-state index contributed by atoms with van der Waals surface area (Å²) in [5, 5.41) is 0. The van der Waals surface area contributed by atoms with Crippen LogP contribution in [0.5, 0.6) is 5.88 Å². The number of nitrogens with one attached hydrogen (secondary N) is 1. The monoisotopic (exact) mass is 428 g/mol. The molecule has 1 saturated heterocycles. The molecule has 4 heterocycles. The minimum atomic E-state index is -4.44. The molecule has 0 spiro atoms. The van der Waals surface area contributed by atoms with E-state index in [0.29, 0.717) is 23.7 Å². The van der Waals surface area contributed by atoms with Crippen LogP contribution >= 0.6 is 0 Å². The molecule has 1 amide bonds. The number of carbonyl (C=O) groups is 1. The van der Waals surface area contributed by atoms with Gasteiger partial charge in [0.2, 0.25) is 5.88 Å². The maximum atomic E-state index is 13.4. The number of hydrogen-bond donors (Lipinski definition) is 1. The van der Waals surface area contributed by atoms with E-state index in [1.165, 1.54) is 6.07 Å². The van der Waals surface area contributed by atoms with Crippen LogP contribution in [0.25, 0.3) is 11.4 Å². The van der Waals surface area contributed by atoms with E-state index in [4.69, 9.17) is 4.74 Å². The number of carbonyl (C=O) groups excluding carboxylic acids is 1. The van der Waals surface area contributed by atoms with Crippen molar-refractivity contribution in [1.82, 2.24) is 19.9 Å². The number of pyridine rings is 2. The van der Waals surface area contributed by atoms with Crippen molar-refractivity contribution in [3.05, 3.63) is 66.1 Å². The van der Waals surface area contributed by atoms with Crippen LogP contribution in [-0.2, 0) is 6.18 Å². The molecule has 1 N–H and O–H groups in total. The molecule has 3 atom stereocenters. The molecule has 6 nitrogen and oxygen atoms in total. The van der Waals surface area contributed by atoms with Gasteiger partial charge in [0.05, 0.1) is 28.6 Å². The van der Waals surface area contributed by atoms with Crippen LogP contribution in [-0.4, -0.2) is 44.4 Å². The van der Waals surface area contributed by atoms with Crippen molar-refractivity contribution in [3.8, 4) is 17.3 Å². The van der Waals surface area contributed by atoms with Gasteiger partial charge in [0.15, 0.2) is 0 Å². The number of ether oxygens (including phenoxy) is 1. The molecule has 5 rings (SSSR count). The molecular formula is C22H19F3N4O2. The molecule has 9 heteroatoms. The van der Waals surface area contributed by atoms with Gasteiger partial charge in [0.25, 0.3) is 5.91 Å². The number of hydrogen-bond acceptors (Lipinski definition) is 4. The minimum absolute atomic E-state index is 0.126. The van der Waals surface area contributed by atoms with Crippen LogP contribution in [0.15, 0.2) is 55.0 Å². The fourth-order valence-corrected chi connectivity index (χ4v) is 4.52. The Morgan fingerprint density at radius 1 is 1.13 bits per heavy atom. The highest BCUT2D eigenvalue weighted by atomic mass is 19.4. The SMILES string of the molecule is O=C(c1cccnc1-c1ccc[nH]1)N1C[C@H]2C[C@@H](Oc3ccc(C(F)(F)F)cn3)[C@@H]1C2. The molecule has 2 fully saturated rings. The Morgan fingerprint density at radius 2 is 2.00 bits per heavy atom. The standard InChI is InChI=1S/C22H19F3N4O2/c23-22(24,25)14-5-6-19(28-11-14)31-18-10-13-9-17(18)29(12-13)21(30)15-3-1-8-27-20(15)16-4-2-7-26-16/h1-8,11,13,17-18,26H,9-10,12H2/t13-,17+,18-/m1/s1. The van der Waals surface area contributed by atoms with Crippen molar-refractivity contribution < 1.29 is 22.7 Å². The molecule has 2 bridgehead atoms. The number of likely N-dealkylation sites (tertiary alicyclic amines) is 1. The molecule has 3 aromatic heterocycles. The number of aromatic amines is 1. The molecule has 0 radical (unpaired) electrons. The quantitative estimate of drug-likeness (QED) is 0.677. The summed E-state index contributed by atoms with van der Waals surface area (Å²) in [6, 6.07) is 9.22. The number of piperidine rings is 1. The maximum Gasteiger partial charge on any atom is 0.417 e. The molecule has 31 heavy (non-hydrogen) atoms. The molecule has 2 aliphatic rings. The van der Waals surface area contributed by atoms with Gasteiger partial charge in [-0.15, -0.1) is 0 Å². The Labute approximate surface area is 176 Å². The largest absolute Gasteiger partial charge is 0.472 e. The third-order valence-corrected chi connectivity index (χ3v) is 5.91. The highest BCUT2D eigenvalue weighted by Crippen LogP contribution is 2.41. The lowest BCUT2D eigenvalue weighted by Gasteiger charge is -2.33. The van der Waals surface area contributed by atoms with E-state index in [2.05, 4.69) is 15.0 Å². The Hall–Kier alpha value is -3.36. The van der Waals surface area contributed by atoms with Crippen LogP contribution in [0, 0.1) is 5.92 Å². The lowest BCUT2D eigenvalue weighted by Crippen LogP contribution is -2.47. The summed E-state index contributed by atoms with van der Waals surface area (Å²) in [5.74, 6) is 0.296. The summed E-state index contributed by atoms with van der Waals surface area (Å²) >= 11 is 0. The van der Waals surface area contributed by atoms with Crippen LogP contribution < -0.4 is 4.74 Å². The lowest BCUT2D eigenvalue weighted by atomic mass is 10.0. The molecule has 1 saturated carbocycles. The number of aromatic nitrogens is 3. The van der Waals surface area contributed by atoms with Crippen molar-refractivity contribution in [3.63, 3.8) is 0 Å². The van der Waals surface area contributed by atoms with Gasteiger partial charge in [-0.05, 0) is 49.1 Å². The topological polar surface area (TPSA) is 71.1 Å². The summed E-state index contributed by atoms with van der Waals surface area (Å²) in [4.78, 5) is 26.5. The van der Waals surface area contributed by atoms with E-state index in [0.717, 1.165) is 30.8 Å². The third-order valence-electron chi connectivity index (χ3n) is 5.91. The van der Waals surface area contributed by atoms with Gasteiger partial charge in [-0.1, -0.05) is 0 Å². The van der Waals surface area contributed by atoms with Gasteiger partial charge in [0, 0.05) is 31.2 Å². The molecule has 3 aromatic rings. The van der Waals surface area contributed by atoms with Gasteiger partial charge < -0.3 is 14.6 Å². The van der Waals surface area contributed by atoms with Gasteiger partial charge in [0.1, 0.15) is 6.10 Å². The lowest BCUT2D eigenvalue weighted by molar-refractivity contribution is -0.137. The Balaban J connectivity index is 1.35. The normalized spacial score (nSPS) is 22.7. The van der Waals surface area contributed by atoms with E-state index in [1.807, 2.05) is 12.1 Å². The zero-order valence-corrected chi connectivity index (χ0v) is 16.3. The van der Waals surface area contributed by atoms with E-state index < -0.39 is 11.7 Å². The van der Waals surface area contributed by atoms with Gasteiger partial charge >= 0.3 is 6.18 Å². The molecular weight excluding hydrogens is 409 g/mol. The van der Waals surface area contributed by atoms with Crippen LogP contribution in [0.4, 0.5) is 13.2 Å². The molecule has 0 aromatic carbocycles. The highest BCUT2D eigenvalue weighted by Gasteiger charge is 2.48. The predicted molar refractivity (Wildman–Crippen MR) is 105 cm³/mol. The number of amides is 1. The molecule has 0 unspecified atom stereocenters. The van der Waals surface area contributed by atoms with Crippen LogP contribution in [0.3, 0.4) is 0 Å². The zero-order valence-electron chi connectivity index (χ0n) is 16.3. The third kappa shape index (κ3) is 3.64. The average Bonchev–Trinajstić information content (AvgIpc) is 3.50. The maximum absolute atomic E-state index is 13.4. The number of H-pyrrole nitrogens is 1. The van der Waals surface area contributed by atoms with Crippen molar-refractivity contribution in [2.45, 2.75) is 31.2 Å². The second-order valence-corrected chi connectivity index (χ2v) is 7.88. The first-order valence-corrected chi connectivity index (χ1v) is 10.00. The second-order valence-electron chi connectivity index (χ2n) is 7.88. The zero-order chi connectivity index (χ0) is 21.6. The van der Waals surface area contributed by atoms with Crippen molar-refractivity contribution in [2.24, 2.45) is 5.92 Å². The second kappa shape index (κ2) is 7.40. The van der Waals surface area contributed by atoms with E-state index in [-0.39, 0.29) is 23.9 Å². The summed E-state index contributed by atoms with van der Waals surface area (Å²) in [6.07, 6.45) is 0.980. The summed E-state index contributed by atoms with van der Waals surface area (Å²) in [5.41, 5.74) is 1.03. The number of alkyl halides is 3. The fourth-order valence-electron chi connectivity index (χ4n) is 4.52. The highest BCUT2D eigenvalue weighted by molar-refractivity contribution is 6.00. The number of nitrogens with zero attached hydrogens (tertiary/aromatic N) is 3. The number of halogens is 3. The Morgan fingerprint density at radius 3 is 2.68 bits per heavy atom. The van der Waals surface area contributed by atoms with E-state index >= 15 is 0 Å². The summed E-state index contributed by atoms with van der Waals surface area (Å²) < 4.78 is 44.2. The molecule has 1 aliphatic heterocycles. The average molecular weight is 428 g/mol. The van der Waals surface area contributed by atoms with Crippen LogP contribution in [0.2, 0.25) is 0 Å². The number of fused-ring (bicyclic) bond motifs is 2. The van der Waals surface area contributed by atoms with E-state index in [9.17, 15) is 18.0 Å². The minimum Gasteiger partial charge on any atom is -0.472 e. The van der Waals surface area contributed by atoms with E-state index in [1.54, 1.807) is 29.4 Å². The first kappa shape index (κ1) is 19.6. The van der Waals surface area contributed by atoms with Gasteiger partial charge in [-0.2, -0.15) is 13.2 Å². The smallest absolute Gasteiger partial charge is 0.417 e. The Bertz CT molecular complexity index is 1080. The summed E-state index contributed by atoms with van der Waals surface area (Å²) in [6.45, 7) is 0.628. The first-order valence-electron chi connectivity index (χ1n) is 10.00. The summed E-state index contributed by atoms with van der Waals surface area (Å²) in [7, 11) is 0. The molecule has 160 valence electrons. The molecule has 1 aliphatic carbocycles. The van der Waals surface area contributed by atoms with Crippen molar-refractivity contribution in [1.29, 1.82) is 0 Å². The Kier molecular flexibility index (Phi) is 4.68. The first-order chi connectivity index (χ1) is 14.9. The fraction of sp³-hybridized carbons (Fsp3) is 0.318. The van der Waals surface area contributed by atoms with Crippen molar-refractivity contribution >= 4 is 5.91 Å². The van der Waals surface area contributed by atoms with Crippen molar-refractivity contribution in [2.75, 3.05) is 6.54 Å². The van der Waals surface area contributed by atoms with Crippen LogP contribution in [0.1, 0.15) is 28.8 Å². The predicted octanol–water partition coefficient (Wildman–Crippen LogP) is 4.17. The number of rotatable bonds is 4. The van der Waals surface area contributed by atoms with Gasteiger partial charge in [-0.25, -0.2) is 4.98 Å².